The molecule has 3 aliphatic carbocycles. The first-order chi connectivity index (χ1) is 14.6. The van der Waals surface area contributed by atoms with Gasteiger partial charge in [0.1, 0.15) is 12.0 Å². The summed E-state index contributed by atoms with van der Waals surface area (Å²) in [5.41, 5.74) is -0.174. The molecule has 3 aliphatic rings. The van der Waals surface area contributed by atoms with E-state index in [1.165, 1.54) is 24.3 Å². The lowest BCUT2D eigenvalue weighted by Gasteiger charge is -2.29. The zero-order valence-electron chi connectivity index (χ0n) is 19.5. The van der Waals surface area contributed by atoms with Crippen LogP contribution in [-0.4, -0.2) is 18.2 Å². The van der Waals surface area contributed by atoms with E-state index < -0.39 is 16.9 Å². The van der Waals surface area contributed by atoms with Crippen molar-refractivity contribution < 1.29 is 23.1 Å². The summed E-state index contributed by atoms with van der Waals surface area (Å²) in [7, 11) is 0. The van der Waals surface area contributed by atoms with Crippen molar-refractivity contribution >= 4 is 12.1 Å². The molecule has 3 nitrogen and oxygen atoms in total. The lowest BCUT2D eigenvalue weighted by molar-refractivity contribution is -0.177. The molecule has 0 fully saturated rings. The van der Waals surface area contributed by atoms with E-state index in [1.807, 2.05) is 47.6 Å². The summed E-state index contributed by atoms with van der Waals surface area (Å²) in [5, 5.41) is 0. The van der Waals surface area contributed by atoms with Gasteiger partial charge in [-0.05, 0) is 46.9 Å². The van der Waals surface area contributed by atoms with Gasteiger partial charge in [0, 0.05) is 22.8 Å². The highest BCUT2D eigenvalue weighted by atomic mass is 19.3. The fourth-order valence-electron chi connectivity index (χ4n) is 4.30. The Kier molecular flexibility index (Phi) is 5.92. The van der Waals surface area contributed by atoms with Crippen molar-refractivity contribution in [3.05, 3.63) is 82.7 Å². The third-order valence-electron chi connectivity index (χ3n) is 5.66. The number of ether oxygens (including phenoxy) is 1. The first-order valence-electron chi connectivity index (χ1n) is 10.7. The summed E-state index contributed by atoms with van der Waals surface area (Å²) in [6, 6.07) is 0. The van der Waals surface area contributed by atoms with Gasteiger partial charge in [-0.25, -0.2) is 0 Å². The lowest BCUT2D eigenvalue weighted by Crippen LogP contribution is -2.25. The molecule has 0 saturated heterocycles. The molecule has 0 aromatic heterocycles. The molecule has 0 unspecified atom stereocenters. The molecule has 5 heteroatoms. The zero-order valence-corrected chi connectivity index (χ0v) is 19.5. The van der Waals surface area contributed by atoms with Crippen LogP contribution in [-0.2, 0) is 14.3 Å². The van der Waals surface area contributed by atoms with Crippen LogP contribution in [0.15, 0.2) is 82.7 Å². The number of hydrogen-bond donors (Lipinski definition) is 0. The quantitative estimate of drug-likeness (QED) is 0.464. The maximum atomic E-state index is 15.4. The molecule has 0 radical (unpaired) electrons. The second-order valence-corrected chi connectivity index (χ2v) is 10.5. The van der Waals surface area contributed by atoms with Crippen molar-refractivity contribution in [2.24, 2.45) is 16.2 Å². The number of halogens is 2. The number of rotatable bonds is 4. The highest BCUT2D eigenvalue weighted by molar-refractivity contribution is 5.93. The van der Waals surface area contributed by atoms with Gasteiger partial charge in [0.2, 0.25) is 0 Å². The average molecular weight is 441 g/mol. The Morgan fingerprint density at radius 3 is 2.28 bits per heavy atom. The van der Waals surface area contributed by atoms with E-state index in [4.69, 9.17) is 4.74 Å². The molecular formula is C27H30F2O3. The summed E-state index contributed by atoms with van der Waals surface area (Å²) in [6.45, 7) is 11.3. The van der Waals surface area contributed by atoms with Crippen LogP contribution >= 0.6 is 0 Å². The number of ketones is 1. The van der Waals surface area contributed by atoms with Crippen molar-refractivity contribution in [3.8, 4) is 0 Å². The summed E-state index contributed by atoms with van der Waals surface area (Å²) >= 11 is 0. The second kappa shape index (κ2) is 7.95. The number of fused-ring (bicyclic) bond motifs is 1. The molecule has 0 amide bonds. The number of allylic oxidation sites excluding steroid dienone is 11. The Morgan fingerprint density at radius 1 is 0.938 bits per heavy atom. The molecule has 3 rings (SSSR count). The Bertz CT molecular complexity index is 1050. The van der Waals surface area contributed by atoms with Gasteiger partial charge < -0.3 is 4.74 Å². The SMILES string of the molecule is CC1(C)C=C(C=O)C=CC(OC(F)(F)C2=CC(C)(C)C3=CC(C)(C)CC(=O)C=C3C=C2)=C1. The lowest BCUT2D eigenvalue weighted by atomic mass is 9.76. The Labute approximate surface area is 188 Å². The topological polar surface area (TPSA) is 43.4 Å². The van der Waals surface area contributed by atoms with Crippen LogP contribution in [0.4, 0.5) is 8.78 Å². The van der Waals surface area contributed by atoms with Crippen LogP contribution < -0.4 is 0 Å². The molecule has 0 bridgehead atoms. The highest BCUT2D eigenvalue weighted by Crippen LogP contribution is 2.45. The minimum Gasteiger partial charge on any atom is -0.429 e. The number of hydrogen-bond acceptors (Lipinski definition) is 3. The van der Waals surface area contributed by atoms with Crippen molar-refractivity contribution in [2.75, 3.05) is 0 Å². The molecule has 0 spiro atoms. The molecular weight excluding hydrogens is 410 g/mol. The maximum Gasteiger partial charge on any atom is 0.426 e. The minimum absolute atomic E-state index is 0.0200. The Morgan fingerprint density at radius 2 is 1.62 bits per heavy atom. The van der Waals surface area contributed by atoms with Gasteiger partial charge in [0.05, 0.1) is 5.57 Å². The average Bonchev–Trinajstić information content (AvgIpc) is 2.91. The van der Waals surface area contributed by atoms with Gasteiger partial charge in [-0.1, -0.05) is 65.8 Å². The third-order valence-corrected chi connectivity index (χ3v) is 5.66. The molecule has 32 heavy (non-hydrogen) atoms. The van der Waals surface area contributed by atoms with Crippen LogP contribution in [0.3, 0.4) is 0 Å². The van der Waals surface area contributed by atoms with E-state index in [9.17, 15) is 9.59 Å². The van der Waals surface area contributed by atoms with Crippen molar-refractivity contribution in [2.45, 2.75) is 54.1 Å². The molecule has 0 aliphatic heterocycles. The first-order valence-corrected chi connectivity index (χ1v) is 10.7. The van der Waals surface area contributed by atoms with Crippen LogP contribution in [0, 0.1) is 16.2 Å². The van der Waals surface area contributed by atoms with E-state index in [0.29, 0.717) is 23.9 Å². The fraction of sp³-hybridized carbons (Fsp3) is 0.407. The molecule has 0 aromatic rings. The van der Waals surface area contributed by atoms with E-state index in [0.717, 1.165) is 5.57 Å². The molecule has 0 saturated carbocycles. The summed E-state index contributed by atoms with van der Waals surface area (Å²) in [4.78, 5) is 23.6. The van der Waals surface area contributed by atoms with Crippen molar-refractivity contribution in [1.29, 1.82) is 0 Å². The molecule has 0 aromatic carbocycles. The highest BCUT2D eigenvalue weighted by Gasteiger charge is 2.41. The zero-order chi connectivity index (χ0) is 23.9. The largest absolute Gasteiger partial charge is 0.429 e. The summed E-state index contributed by atoms with van der Waals surface area (Å²) in [6.07, 6.45) is 11.5. The maximum absolute atomic E-state index is 15.4. The van der Waals surface area contributed by atoms with Crippen LogP contribution in [0.1, 0.15) is 48.0 Å². The number of carbonyl (C=O) groups excluding carboxylic acids is 2. The molecule has 170 valence electrons. The van der Waals surface area contributed by atoms with Gasteiger partial charge in [0.15, 0.2) is 5.78 Å². The molecule has 0 heterocycles. The Balaban J connectivity index is 2.01. The van der Waals surface area contributed by atoms with Crippen LogP contribution in [0.2, 0.25) is 0 Å². The summed E-state index contributed by atoms with van der Waals surface area (Å²) in [5.74, 6) is -0.0500. The Hall–Kier alpha value is -2.82. The van der Waals surface area contributed by atoms with Crippen LogP contribution in [0.25, 0.3) is 0 Å². The van der Waals surface area contributed by atoms with E-state index >= 15 is 8.78 Å². The van der Waals surface area contributed by atoms with Gasteiger partial charge in [0.25, 0.3) is 0 Å². The van der Waals surface area contributed by atoms with E-state index in [-0.39, 0.29) is 22.5 Å². The minimum atomic E-state index is -3.62. The van der Waals surface area contributed by atoms with Crippen LogP contribution in [0.5, 0.6) is 0 Å². The number of alkyl halides is 2. The van der Waals surface area contributed by atoms with E-state index in [2.05, 4.69) is 0 Å². The predicted molar refractivity (Wildman–Crippen MR) is 122 cm³/mol. The van der Waals surface area contributed by atoms with Gasteiger partial charge in [-0.2, -0.15) is 8.78 Å². The fourth-order valence-corrected chi connectivity index (χ4v) is 4.30. The summed E-state index contributed by atoms with van der Waals surface area (Å²) < 4.78 is 35.9. The monoisotopic (exact) mass is 440 g/mol. The normalized spacial score (nSPS) is 23.9. The van der Waals surface area contributed by atoms with E-state index in [1.54, 1.807) is 24.3 Å². The molecule has 0 atom stereocenters. The van der Waals surface area contributed by atoms with Gasteiger partial charge >= 0.3 is 6.11 Å². The number of carbonyl (C=O) groups is 2. The number of aldehydes is 1. The van der Waals surface area contributed by atoms with Gasteiger partial charge in [-0.15, -0.1) is 0 Å². The van der Waals surface area contributed by atoms with Crippen molar-refractivity contribution in [3.63, 3.8) is 0 Å². The predicted octanol–water partition coefficient (Wildman–Crippen LogP) is 6.58. The van der Waals surface area contributed by atoms with Gasteiger partial charge in [-0.3, -0.25) is 9.59 Å². The smallest absolute Gasteiger partial charge is 0.426 e. The standard InChI is InChI=1S/C27H30F2O3/c1-24(2)12-18(17-30)7-10-22(15-24)32-27(28,29)20-9-8-19-11-21(31)14-25(3,4)16-23(19)26(5,6)13-20/h7-13,15-17H,14H2,1-6H3. The third kappa shape index (κ3) is 5.32. The molecule has 0 N–H and O–H groups in total. The first kappa shape index (κ1) is 23.8. The second-order valence-electron chi connectivity index (χ2n) is 10.5. The van der Waals surface area contributed by atoms with Crippen molar-refractivity contribution in [1.82, 2.24) is 0 Å².